The van der Waals surface area contributed by atoms with Gasteiger partial charge in [-0.2, -0.15) is 0 Å². The first-order valence-electron chi connectivity index (χ1n) is 16.8. The monoisotopic (exact) mass is 657 g/mol. The van der Waals surface area contributed by atoms with Crippen LogP contribution in [0.2, 0.25) is 0 Å². The van der Waals surface area contributed by atoms with Gasteiger partial charge in [-0.25, -0.2) is 0 Å². The third-order valence-electron chi connectivity index (χ3n) is 10.1. The van der Waals surface area contributed by atoms with E-state index in [2.05, 4.69) is 150 Å². The Labute approximate surface area is 290 Å². The molecule has 3 aromatic heterocycles. The van der Waals surface area contributed by atoms with Crippen molar-refractivity contribution in [3.05, 3.63) is 164 Å². The van der Waals surface area contributed by atoms with E-state index in [9.17, 15) is 0 Å². The quantitative estimate of drug-likeness (QED) is 0.189. The number of furan rings is 2. The first-order chi connectivity index (χ1) is 24.8. The first-order valence-corrected chi connectivity index (χ1v) is 17.7. The fourth-order valence-corrected chi connectivity index (χ4v) is 8.98. The fourth-order valence-electron chi connectivity index (χ4n) is 7.77. The van der Waals surface area contributed by atoms with E-state index in [1.54, 1.807) is 11.3 Å². The SMILES string of the molecule is c1ccc2c(-c3ccc(N(c4ccc5c(c4)oc4ccccc45)c4cc5c6ccccc6oc5c5sc6ccccc6c45)cc3)cccc2c1. The molecule has 0 atom stereocenters. The molecule has 3 nitrogen and oxygen atoms in total. The molecule has 234 valence electrons. The third-order valence-corrected chi connectivity index (χ3v) is 11.2. The molecule has 0 aliphatic rings. The lowest BCUT2D eigenvalue weighted by Gasteiger charge is -2.27. The van der Waals surface area contributed by atoms with Gasteiger partial charge in [-0.1, -0.05) is 109 Å². The second kappa shape index (κ2) is 10.6. The minimum atomic E-state index is 0.863. The minimum absolute atomic E-state index is 0.863. The van der Waals surface area contributed by atoms with Crippen molar-refractivity contribution in [1.82, 2.24) is 0 Å². The summed E-state index contributed by atoms with van der Waals surface area (Å²) in [6.07, 6.45) is 0. The second-order valence-electron chi connectivity index (χ2n) is 12.9. The van der Waals surface area contributed by atoms with Crippen LogP contribution < -0.4 is 4.90 Å². The molecule has 11 rings (SSSR count). The van der Waals surface area contributed by atoms with Crippen molar-refractivity contribution in [2.24, 2.45) is 0 Å². The molecule has 0 amide bonds. The molecule has 0 aliphatic carbocycles. The van der Waals surface area contributed by atoms with E-state index in [0.29, 0.717) is 0 Å². The minimum Gasteiger partial charge on any atom is -0.456 e. The molecule has 0 saturated carbocycles. The molecule has 0 radical (unpaired) electrons. The summed E-state index contributed by atoms with van der Waals surface area (Å²) < 4.78 is 15.4. The molecule has 4 heteroatoms. The van der Waals surface area contributed by atoms with Gasteiger partial charge in [0.2, 0.25) is 0 Å². The number of hydrogen-bond donors (Lipinski definition) is 0. The summed E-state index contributed by atoms with van der Waals surface area (Å²) in [5, 5.41) is 9.34. The largest absolute Gasteiger partial charge is 0.456 e. The Balaban J connectivity index is 1.21. The summed E-state index contributed by atoms with van der Waals surface area (Å²) in [4.78, 5) is 2.39. The highest BCUT2D eigenvalue weighted by Crippen LogP contribution is 2.50. The lowest BCUT2D eigenvalue weighted by atomic mass is 9.98. The van der Waals surface area contributed by atoms with E-state index in [1.807, 2.05) is 18.2 Å². The van der Waals surface area contributed by atoms with Crippen molar-refractivity contribution in [2.75, 3.05) is 4.90 Å². The average molecular weight is 658 g/mol. The maximum Gasteiger partial charge on any atom is 0.153 e. The normalized spacial score (nSPS) is 12.0. The third kappa shape index (κ3) is 4.03. The summed E-state index contributed by atoms with van der Waals surface area (Å²) in [5.41, 5.74) is 9.18. The zero-order chi connectivity index (χ0) is 32.8. The van der Waals surface area contributed by atoms with E-state index in [1.165, 1.54) is 37.4 Å². The van der Waals surface area contributed by atoms with Gasteiger partial charge in [0.25, 0.3) is 0 Å². The van der Waals surface area contributed by atoms with Gasteiger partial charge in [-0.3, -0.25) is 0 Å². The molecule has 0 fully saturated rings. The summed E-state index contributed by atoms with van der Waals surface area (Å²) in [7, 11) is 0. The zero-order valence-corrected chi connectivity index (χ0v) is 27.6. The number of nitrogens with zero attached hydrogens (tertiary/aromatic N) is 1. The van der Waals surface area contributed by atoms with Gasteiger partial charge >= 0.3 is 0 Å². The maximum absolute atomic E-state index is 6.61. The highest BCUT2D eigenvalue weighted by Gasteiger charge is 2.24. The second-order valence-corrected chi connectivity index (χ2v) is 13.9. The highest BCUT2D eigenvalue weighted by atomic mass is 32.1. The number of fused-ring (bicyclic) bond motifs is 11. The van der Waals surface area contributed by atoms with Crippen LogP contribution >= 0.6 is 11.3 Å². The van der Waals surface area contributed by atoms with Gasteiger partial charge in [-0.15, -0.1) is 11.3 Å². The Morgan fingerprint density at radius 2 is 1.08 bits per heavy atom. The fraction of sp³-hybridized carbons (Fsp3) is 0. The summed E-state index contributed by atoms with van der Waals surface area (Å²) in [5.74, 6) is 0. The Bertz CT molecular complexity index is 3100. The molecule has 11 aromatic rings. The van der Waals surface area contributed by atoms with E-state index >= 15 is 0 Å². The van der Waals surface area contributed by atoms with E-state index in [0.717, 1.165) is 65.6 Å². The molecular formula is C46H27NO2S. The van der Waals surface area contributed by atoms with Gasteiger partial charge < -0.3 is 13.7 Å². The van der Waals surface area contributed by atoms with Gasteiger partial charge in [0.1, 0.15) is 16.7 Å². The Hall–Kier alpha value is -6.36. The van der Waals surface area contributed by atoms with Crippen LogP contribution in [0.5, 0.6) is 0 Å². The number of hydrogen-bond acceptors (Lipinski definition) is 4. The lowest BCUT2D eigenvalue weighted by molar-refractivity contribution is 0.669. The van der Waals surface area contributed by atoms with Crippen LogP contribution in [0.1, 0.15) is 0 Å². The van der Waals surface area contributed by atoms with Gasteiger partial charge in [0, 0.05) is 54.5 Å². The number of para-hydroxylation sites is 2. The predicted octanol–water partition coefficient (Wildman–Crippen LogP) is 14.1. The molecular weight excluding hydrogens is 631 g/mol. The molecule has 50 heavy (non-hydrogen) atoms. The van der Waals surface area contributed by atoms with Crippen molar-refractivity contribution >= 4 is 103 Å². The maximum atomic E-state index is 6.61. The van der Waals surface area contributed by atoms with Gasteiger partial charge in [0.05, 0.1) is 10.4 Å². The summed E-state index contributed by atoms with van der Waals surface area (Å²) >= 11 is 1.80. The van der Waals surface area contributed by atoms with Crippen LogP contribution in [-0.4, -0.2) is 0 Å². The Morgan fingerprint density at radius 1 is 0.440 bits per heavy atom. The van der Waals surface area contributed by atoms with E-state index in [4.69, 9.17) is 8.83 Å². The van der Waals surface area contributed by atoms with Crippen molar-refractivity contribution in [1.29, 1.82) is 0 Å². The van der Waals surface area contributed by atoms with Gasteiger partial charge in [-0.05, 0) is 70.4 Å². The molecule has 0 saturated heterocycles. The summed E-state index contributed by atoms with van der Waals surface area (Å²) in [6, 6.07) is 58.4. The molecule has 0 unspecified atom stereocenters. The average Bonchev–Trinajstić information content (AvgIpc) is 3.86. The van der Waals surface area contributed by atoms with Crippen molar-refractivity contribution < 1.29 is 8.83 Å². The lowest BCUT2D eigenvalue weighted by Crippen LogP contribution is -2.10. The first kappa shape index (κ1) is 27.6. The van der Waals surface area contributed by atoms with Crippen molar-refractivity contribution in [2.45, 2.75) is 0 Å². The van der Waals surface area contributed by atoms with Gasteiger partial charge in [0.15, 0.2) is 5.58 Å². The predicted molar refractivity (Wildman–Crippen MR) is 212 cm³/mol. The molecule has 0 spiro atoms. The molecule has 8 aromatic carbocycles. The standard InChI is InChI=1S/C46H27NO2S/c1-2-12-32-28(10-1)11-9-16-33(32)29-20-22-30(23-21-29)47(31-24-25-36-34-13-3-6-17-40(34)48-42(36)26-31)39-27-38-35-14-4-7-18-41(35)49-45(38)46-44(39)37-15-5-8-19-43(37)50-46/h1-27H. The Kier molecular flexibility index (Phi) is 5.83. The highest BCUT2D eigenvalue weighted by molar-refractivity contribution is 7.26. The smallest absolute Gasteiger partial charge is 0.153 e. The number of benzene rings is 8. The van der Waals surface area contributed by atoms with Crippen LogP contribution in [0, 0.1) is 0 Å². The van der Waals surface area contributed by atoms with Crippen LogP contribution in [-0.2, 0) is 0 Å². The van der Waals surface area contributed by atoms with Crippen molar-refractivity contribution in [3.63, 3.8) is 0 Å². The van der Waals surface area contributed by atoms with Crippen LogP contribution in [0.15, 0.2) is 173 Å². The summed E-state index contributed by atoms with van der Waals surface area (Å²) in [6.45, 7) is 0. The molecule has 0 aliphatic heterocycles. The van der Waals surface area contributed by atoms with Crippen LogP contribution in [0.25, 0.3) is 85.9 Å². The van der Waals surface area contributed by atoms with E-state index in [-0.39, 0.29) is 0 Å². The number of thiophene rings is 1. The topological polar surface area (TPSA) is 29.5 Å². The number of anilines is 3. The zero-order valence-electron chi connectivity index (χ0n) is 26.8. The molecule has 0 N–H and O–H groups in total. The molecule has 3 heterocycles. The number of rotatable bonds is 4. The molecule has 0 bridgehead atoms. The Morgan fingerprint density at radius 3 is 1.92 bits per heavy atom. The van der Waals surface area contributed by atoms with Crippen molar-refractivity contribution in [3.8, 4) is 11.1 Å². The van der Waals surface area contributed by atoms with Crippen LogP contribution in [0.3, 0.4) is 0 Å². The van der Waals surface area contributed by atoms with Crippen LogP contribution in [0.4, 0.5) is 17.1 Å². The van der Waals surface area contributed by atoms with E-state index < -0.39 is 0 Å².